The zero-order chi connectivity index (χ0) is 15.4. The predicted molar refractivity (Wildman–Crippen MR) is 99.3 cm³/mol. The molecule has 0 unspecified atom stereocenters. The van der Waals surface area contributed by atoms with Crippen molar-refractivity contribution in [2.75, 3.05) is 6.26 Å². The molecule has 0 bridgehead atoms. The standard InChI is InChI=1S/C4H4NS2.3C4H9.Sn/c1-6-4-5-2-3-7-4;3*1-3-4-2;/h2H,1H3;3*1,3-4H2,2H3;. The minimum absolute atomic E-state index is 0. The van der Waals surface area contributed by atoms with Gasteiger partial charge in [0.05, 0.1) is 5.38 Å². The molecule has 1 aromatic heterocycles. The number of aromatic nitrogens is 1. The minimum Gasteiger partial charge on any atom is -0.237 e. The maximum atomic E-state index is 3.96. The van der Waals surface area contributed by atoms with Crippen molar-refractivity contribution in [2.45, 2.75) is 63.6 Å². The molecule has 0 aromatic carbocycles. The smallest absolute Gasteiger partial charge is 0.150 e. The number of rotatable bonds is 4. The Morgan fingerprint density at radius 1 is 1.05 bits per heavy atom. The molecule has 0 aliphatic heterocycles. The normalized spacial score (nSPS) is 7.75. The van der Waals surface area contributed by atoms with Crippen LogP contribution in [0.5, 0.6) is 0 Å². The fourth-order valence-electron chi connectivity index (χ4n) is 0.277. The summed E-state index contributed by atoms with van der Waals surface area (Å²) in [6.07, 6.45) is 10.5. The number of thiazole rings is 1. The SMILES string of the molecule is CSc1nc[c]s1.[CH2]CCC.[CH2]CCC.[CH2]CCC.[Sn]. The second-order valence-electron chi connectivity index (χ2n) is 3.51. The van der Waals surface area contributed by atoms with E-state index in [9.17, 15) is 0 Å². The molecule has 1 heterocycles. The largest absolute Gasteiger partial charge is 0.237 e. The van der Waals surface area contributed by atoms with Gasteiger partial charge in [0, 0.05) is 30.1 Å². The first-order valence-corrected chi connectivity index (χ1v) is 8.95. The van der Waals surface area contributed by atoms with Crippen molar-refractivity contribution in [1.29, 1.82) is 0 Å². The first kappa shape index (κ1) is 28.9. The van der Waals surface area contributed by atoms with Gasteiger partial charge in [0.25, 0.3) is 0 Å². The van der Waals surface area contributed by atoms with E-state index < -0.39 is 0 Å². The van der Waals surface area contributed by atoms with Gasteiger partial charge < -0.3 is 0 Å². The maximum absolute atomic E-state index is 3.96. The zero-order valence-corrected chi connectivity index (χ0v) is 18.2. The average molecular weight is 420 g/mol. The number of hydrogen-bond acceptors (Lipinski definition) is 3. The summed E-state index contributed by atoms with van der Waals surface area (Å²) in [5, 5.41) is 2.89. The Kier molecular flexibility index (Phi) is 46.1. The van der Waals surface area contributed by atoms with Crippen molar-refractivity contribution in [1.82, 2.24) is 4.98 Å². The van der Waals surface area contributed by atoms with Crippen LogP contribution in [0.4, 0.5) is 0 Å². The number of hydrogen-bond donors (Lipinski definition) is 0. The van der Waals surface area contributed by atoms with E-state index in [-0.39, 0.29) is 23.9 Å². The first-order valence-electron chi connectivity index (χ1n) is 6.91. The van der Waals surface area contributed by atoms with Gasteiger partial charge in [-0.2, -0.15) is 0 Å². The van der Waals surface area contributed by atoms with E-state index in [4.69, 9.17) is 0 Å². The Bertz CT molecular complexity index is 189. The fourth-order valence-corrected chi connectivity index (χ4v) is 1.22. The summed E-state index contributed by atoms with van der Waals surface area (Å²) in [6.45, 7) is 17.2. The van der Waals surface area contributed by atoms with Crippen molar-refractivity contribution in [3.63, 3.8) is 0 Å². The van der Waals surface area contributed by atoms with Crippen LogP contribution in [-0.2, 0) is 0 Å². The van der Waals surface area contributed by atoms with Gasteiger partial charge in [0.15, 0.2) is 0 Å². The molecule has 1 aromatic rings. The molecular formula is C16H31NS2Sn. The van der Waals surface area contributed by atoms with Crippen LogP contribution in [0.2, 0.25) is 0 Å². The summed E-state index contributed by atoms with van der Waals surface area (Å²) in [7, 11) is 0. The van der Waals surface area contributed by atoms with Crippen LogP contribution in [0.3, 0.4) is 0 Å². The molecule has 0 N–H and O–H groups in total. The summed E-state index contributed by atoms with van der Waals surface area (Å²) >= 11 is 3.20. The average Bonchev–Trinajstić information content (AvgIpc) is 3.01. The molecular weight excluding hydrogens is 389 g/mol. The number of unbranched alkanes of at least 4 members (excludes halogenated alkanes) is 3. The third kappa shape index (κ3) is 36.3. The van der Waals surface area contributed by atoms with E-state index in [1.165, 1.54) is 19.3 Å². The number of nitrogens with zero attached hydrogens (tertiary/aromatic N) is 1. The van der Waals surface area contributed by atoms with Gasteiger partial charge in [-0.15, -0.1) is 11.3 Å². The Labute approximate surface area is 153 Å². The van der Waals surface area contributed by atoms with E-state index in [1.807, 2.05) is 6.26 Å². The van der Waals surface area contributed by atoms with E-state index in [0.717, 1.165) is 23.6 Å². The van der Waals surface area contributed by atoms with Crippen molar-refractivity contribution in [3.05, 3.63) is 32.3 Å². The molecule has 0 spiro atoms. The second kappa shape index (κ2) is 31.9. The molecule has 4 heteroatoms. The van der Waals surface area contributed by atoms with Gasteiger partial charge in [-0.3, -0.25) is 0 Å². The second-order valence-corrected chi connectivity index (χ2v) is 5.39. The fraction of sp³-hybridized carbons (Fsp3) is 0.625. The molecule has 0 saturated heterocycles. The Morgan fingerprint density at radius 2 is 1.40 bits per heavy atom. The summed E-state index contributed by atoms with van der Waals surface area (Å²) in [5.41, 5.74) is 0. The summed E-state index contributed by atoms with van der Waals surface area (Å²) in [4.78, 5) is 3.96. The molecule has 0 saturated carbocycles. The Balaban J connectivity index is -0.0000000881. The molecule has 0 atom stereocenters. The van der Waals surface area contributed by atoms with Gasteiger partial charge in [0.1, 0.15) is 4.34 Å². The van der Waals surface area contributed by atoms with Crippen LogP contribution >= 0.6 is 23.1 Å². The third-order valence-electron chi connectivity index (χ3n) is 1.60. The van der Waals surface area contributed by atoms with Gasteiger partial charge in [-0.25, -0.2) is 4.98 Å². The van der Waals surface area contributed by atoms with E-state index in [0.29, 0.717) is 0 Å². The topological polar surface area (TPSA) is 12.9 Å². The quantitative estimate of drug-likeness (QED) is 0.428. The van der Waals surface area contributed by atoms with Crippen molar-refractivity contribution in [2.24, 2.45) is 0 Å². The van der Waals surface area contributed by atoms with Crippen LogP contribution in [0.25, 0.3) is 0 Å². The number of thioether (sulfide) groups is 1. The molecule has 0 aliphatic carbocycles. The van der Waals surface area contributed by atoms with Crippen LogP contribution in [0.15, 0.2) is 10.5 Å². The minimum atomic E-state index is 0. The van der Waals surface area contributed by atoms with Gasteiger partial charge in [0.2, 0.25) is 0 Å². The van der Waals surface area contributed by atoms with Gasteiger partial charge in [-0.1, -0.05) is 91.8 Å². The molecule has 1 rings (SSSR count). The Morgan fingerprint density at radius 3 is 1.50 bits per heavy atom. The monoisotopic (exact) mass is 421 g/mol. The molecule has 8 radical (unpaired) electrons. The zero-order valence-electron chi connectivity index (χ0n) is 13.7. The molecule has 0 fully saturated rings. The van der Waals surface area contributed by atoms with Crippen molar-refractivity contribution >= 4 is 47.0 Å². The third-order valence-corrected chi connectivity index (χ3v) is 3.31. The van der Waals surface area contributed by atoms with Crippen LogP contribution in [-0.4, -0.2) is 35.1 Å². The van der Waals surface area contributed by atoms with E-state index in [2.05, 4.69) is 51.9 Å². The molecule has 0 amide bonds. The Hall–Kier alpha value is 0.779. The summed E-state index contributed by atoms with van der Waals surface area (Å²) < 4.78 is 1.08. The molecule has 0 aliphatic rings. The van der Waals surface area contributed by atoms with E-state index in [1.54, 1.807) is 29.3 Å². The van der Waals surface area contributed by atoms with Crippen LogP contribution in [0, 0.1) is 26.2 Å². The van der Waals surface area contributed by atoms with Crippen LogP contribution in [0.1, 0.15) is 59.3 Å². The van der Waals surface area contributed by atoms with Crippen molar-refractivity contribution in [3.8, 4) is 0 Å². The predicted octanol–water partition coefficient (Wildman–Crippen LogP) is 6.15. The van der Waals surface area contributed by atoms with Crippen molar-refractivity contribution < 1.29 is 0 Å². The first-order chi connectivity index (χ1) is 9.17. The van der Waals surface area contributed by atoms with Crippen LogP contribution < -0.4 is 0 Å². The summed E-state index contributed by atoms with van der Waals surface area (Å²) in [5.74, 6) is 0. The summed E-state index contributed by atoms with van der Waals surface area (Å²) in [6, 6.07) is 0. The molecule has 116 valence electrons. The van der Waals surface area contributed by atoms with E-state index >= 15 is 0 Å². The molecule has 20 heavy (non-hydrogen) atoms. The van der Waals surface area contributed by atoms with Gasteiger partial charge in [-0.05, 0) is 6.26 Å². The van der Waals surface area contributed by atoms with Gasteiger partial charge >= 0.3 is 0 Å². The molecule has 1 nitrogen and oxygen atoms in total. The maximum Gasteiger partial charge on any atom is 0.150 e.